The number of nitrogens with two attached hydrogens (primary N) is 1. The van der Waals surface area contributed by atoms with Crippen LogP contribution in [0, 0.1) is 6.92 Å². The Labute approximate surface area is 106 Å². The van der Waals surface area contributed by atoms with E-state index in [0.717, 1.165) is 18.7 Å². The molecule has 0 fully saturated rings. The van der Waals surface area contributed by atoms with E-state index in [2.05, 4.69) is 35.5 Å². The number of aryl methyl sites for hydroxylation is 2. The minimum absolute atomic E-state index is 0.234. The number of nitrogens with zero attached hydrogens (tertiary/aromatic N) is 2. The van der Waals surface area contributed by atoms with E-state index in [-0.39, 0.29) is 6.04 Å². The molecule has 17 heavy (non-hydrogen) atoms. The van der Waals surface area contributed by atoms with Gasteiger partial charge in [0.1, 0.15) is 5.82 Å². The van der Waals surface area contributed by atoms with Gasteiger partial charge in [0.25, 0.3) is 0 Å². The molecule has 4 heteroatoms. The lowest BCUT2D eigenvalue weighted by atomic mass is 10.2. The highest BCUT2D eigenvalue weighted by atomic mass is 32.1. The van der Waals surface area contributed by atoms with Crippen LogP contribution in [0.2, 0.25) is 0 Å². The van der Waals surface area contributed by atoms with Gasteiger partial charge >= 0.3 is 0 Å². The van der Waals surface area contributed by atoms with Gasteiger partial charge in [-0.25, -0.2) is 4.98 Å². The van der Waals surface area contributed by atoms with Crippen LogP contribution in [-0.2, 0) is 6.42 Å². The van der Waals surface area contributed by atoms with Crippen LogP contribution in [0.4, 0.5) is 0 Å². The van der Waals surface area contributed by atoms with Crippen LogP contribution in [0.25, 0.3) is 0 Å². The molecule has 3 nitrogen and oxygen atoms in total. The molecule has 92 valence electrons. The quantitative estimate of drug-likeness (QED) is 0.885. The molecule has 2 aromatic heterocycles. The fourth-order valence-electron chi connectivity index (χ4n) is 2.04. The third-order valence-electron chi connectivity index (χ3n) is 2.87. The summed E-state index contributed by atoms with van der Waals surface area (Å²) in [7, 11) is 0. The lowest BCUT2D eigenvalue weighted by Gasteiger charge is -2.17. The van der Waals surface area contributed by atoms with Crippen molar-refractivity contribution in [2.75, 3.05) is 6.54 Å². The van der Waals surface area contributed by atoms with Gasteiger partial charge in [-0.3, -0.25) is 0 Å². The summed E-state index contributed by atoms with van der Waals surface area (Å²) < 4.78 is 2.22. The predicted molar refractivity (Wildman–Crippen MR) is 72.5 cm³/mol. The van der Waals surface area contributed by atoms with E-state index in [1.54, 1.807) is 0 Å². The summed E-state index contributed by atoms with van der Waals surface area (Å²) in [6.07, 6.45) is 6.03. The van der Waals surface area contributed by atoms with E-state index in [9.17, 15) is 0 Å². The largest absolute Gasteiger partial charge is 0.328 e. The first kappa shape index (κ1) is 12.3. The molecule has 0 bridgehead atoms. The maximum Gasteiger partial charge on any atom is 0.109 e. The number of imidazole rings is 1. The molecular formula is C13H19N3S. The summed E-state index contributed by atoms with van der Waals surface area (Å²) in [4.78, 5) is 7.07. The van der Waals surface area contributed by atoms with E-state index in [1.165, 1.54) is 9.75 Å². The van der Waals surface area contributed by atoms with E-state index in [0.29, 0.717) is 6.54 Å². The Morgan fingerprint density at radius 2 is 2.29 bits per heavy atom. The second kappa shape index (κ2) is 5.47. The van der Waals surface area contributed by atoms with Gasteiger partial charge in [0.05, 0.1) is 6.04 Å². The van der Waals surface area contributed by atoms with Gasteiger partial charge in [-0.2, -0.15) is 0 Å². The highest BCUT2D eigenvalue weighted by Gasteiger charge is 2.16. The smallest absolute Gasteiger partial charge is 0.109 e. The standard InChI is InChI=1S/C13H19N3S/c1-3-4-13-15-7-8-16(13)11(9-14)12-6-5-10(2)17-12/h5-8,11H,3-4,9,14H2,1-2H3. The summed E-state index contributed by atoms with van der Waals surface area (Å²) in [5.41, 5.74) is 5.93. The molecule has 0 saturated heterocycles. The molecule has 2 rings (SSSR count). The van der Waals surface area contributed by atoms with Crippen molar-refractivity contribution in [1.82, 2.24) is 9.55 Å². The predicted octanol–water partition coefficient (Wildman–Crippen LogP) is 2.75. The van der Waals surface area contributed by atoms with Crippen molar-refractivity contribution in [2.24, 2.45) is 5.73 Å². The van der Waals surface area contributed by atoms with Gasteiger partial charge in [-0.15, -0.1) is 11.3 Å². The molecule has 0 amide bonds. The monoisotopic (exact) mass is 249 g/mol. The fourth-order valence-corrected chi connectivity index (χ4v) is 3.03. The Hall–Kier alpha value is -1.13. The van der Waals surface area contributed by atoms with Gasteiger partial charge in [0.2, 0.25) is 0 Å². The lowest BCUT2D eigenvalue weighted by molar-refractivity contribution is 0.570. The maximum atomic E-state index is 5.93. The van der Waals surface area contributed by atoms with Gasteiger partial charge in [0, 0.05) is 35.1 Å². The van der Waals surface area contributed by atoms with Crippen molar-refractivity contribution in [1.29, 1.82) is 0 Å². The number of aromatic nitrogens is 2. The average molecular weight is 249 g/mol. The molecule has 1 unspecified atom stereocenters. The third-order valence-corrected chi connectivity index (χ3v) is 3.97. The summed E-state index contributed by atoms with van der Waals surface area (Å²) in [6.45, 7) is 4.92. The molecule has 1 atom stereocenters. The number of hydrogen-bond acceptors (Lipinski definition) is 3. The average Bonchev–Trinajstić information content (AvgIpc) is 2.91. The lowest BCUT2D eigenvalue weighted by Crippen LogP contribution is -2.20. The van der Waals surface area contributed by atoms with Crippen LogP contribution in [-0.4, -0.2) is 16.1 Å². The van der Waals surface area contributed by atoms with Crippen LogP contribution < -0.4 is 5.73 Å². The summed E-state index contributed by atoms with van der Waals surface area (Å²) in [5, 5.41) is 0. The highest BCUT2D eigenvalue weighted by Crippen LogP contribution is 2.26. The molecule has 2 N–H and O–H groups in total. The summed E-state index contributed by atoms with van der Waals surface area (Å²) in [5.74, 6) is 1.13. The van der Waals surface area contributed by atoms with Crippen molar-refractivity contribution in [2.45, 2.75) is 32.7 Å². The van der Waals surface area contributed by atoms with Crippen molar-refractivity contribution < 1.29 is 0 Å². The summed E-state index contributed by atoms with van der Waals surface area (Å²) in [6, 6.07) is 4.56. The normalized spacial score (nSPS) is 12.9. The molecule has 0 aliphatic rings. The van der Waals surface area contributed by atoms with Crippen molar-refractivity contribution in [3.63, 3.8) is 0 Å². The Bertz CT molecular complexity index is 472. The minimum Gasteiger partial charge on any atom is -0.328 e. The molecule has 0 aliphatic heterocycles. The third kappa shape index (κ3) is 2.58. The first-order valence-electron chi connectivity index (χ1n) is 6.04. The maximum absolute atomic E-state index is 5.93. The van der Waals surface area contributed by atoms with Crippen molar-refractivity contribution in [3.8, 4) is 0 Å². The summed E-state index contributed by atoms with van der Waals surface area (Å²) >= 11 is 1.82. The van der Waals surface area contributed by atoms with Crippen LogP contribution in [0.1, 0.15) is 35.0 Å². The molecule has 2 heterocycles. The Balaban J connectivity index is 2.31. The van der Waals surface area contributed by atoms with Gasteiger partial charge in [0.15, 0.2) is 0 Å². The SMILES string of the molecule is CCCc1nccn1C(CN)c1ccc(C)s1. The highest BCUT2D eigenvalue weighted by molar-refractivity contribution is 7.12. The van der Waals surface area contributed by atoms with Gasteiger partial charge in [-0.1, -0.05) is 6.92 Å². The van der Waals surface area contributed by atoms with E-state index >= 15 is 0 Å². The Kier molecular flexibility index (Phi) is 3.97. The molecule has 0 spiro atoms. The van der Waals surface area contributed by atoms with Crippen molar-refractivity contribution in [3.05, 3.63) is 40.1 Å². The first-order chi connectivity index (χ1) is 8.26. The van der Waals surface area contributed by atoms with E-state index in [4.69, 9.17) is 5.73 Å². The molecule has 0 saturated carbocycles. The molecule has 2 aromatic rings. The van der Waals surface area contributed by atoms with Crippen LogP contribution in [0.3, 0.4) is 0 Å². The first-order valence-corrected chi connectivity index (χ1v) is 6.86. The van der Waals surface area contributed by atoms with E-state index in [1.807, 2.05) is 23.7 Å². The van der Waals surface area contributed by atoms with Crippen LogP contribution in [0.15, 0.2) is 24.5 Å². The Morgan fingerprint density at radius 1 is 1.47 bits per heavy atom. The number of hydrogen-bond donors (Lipinski definition) is 1. The second-order valence-electron chi connectivity index (χ2n) is 4.20. The van der Waals surface area contributed by atoms with Crippen LogP contribution in [0.5, 0.6) is 0 Å². The van der Waals surface area contributed by atoms with E-state index < -0.39 is 0 Å². The zero-order valence-electron chi connectivity index (χ0n) is 10.4. The van der Waals surface area contributed by atoms with Gasteiger partial charge < -0.3 is 10.3 Å². The molecule has 0 aliphatic carbocycles. The zero-order valence-corrected chi connectivity index (χ0v) is 11.2. The molecule has 0 radical (unpaired) electrons. The number of rotatable bonds is 5. The molecule has 0 aromatic carbocycles. The van der Waals surface area contributed by atoms with Gasteiger partial charge in [-0.05, 0) is 25.5 Å². The topological polar surface area (TPSA) is 43.8 Å². The zero-order chi connectivity index (χ0) is 12.3. The number of thiophene rings is 1. The van der Waals surface area contributed by atoms with Crippen molar-refractivity contribution >= 4 is 11.3 Å². The van der Waals surface area contributed by atoms with Crippen LogP contribution >= 0.6 is 11.3 Å². The molecular weight excluding hydrogens is 230 g/mol. The Morgan fingerprint density at radius 3 is 2.88 bits per heavy atom. The fraction of sp³-hybridized carbons (Fsp3) is 0.462. The second-order valence-corrected chi connectivity index (χ2v) is 5.52. The minimum atomic E-state index is 0.234.